The van der Waals surface area contributed by atoms with Crippen LogP contribution in [0, 0.1) is 0 Å². The number of unbranched alkanes of at least 4 members (excludes halogenated alkanes) is 1. The van der Waals surface area contributed by atoms with Crippen LogP contribution in [-0.2, 0) is 20.7 Å². The summed E-state index contributed by atoms with van der Waals surface area (Å²) < 4.78 is 5.15. The molecule has 0 spiro atoms. The predicted molar refractivity (Wildman–Crippen MR) is 81.8 cm³/mol. The van der Waals surface area contributed by atoms with Gasteiger partial charge in [-0.1, -0.05) is 43.7 Å². The van der Waals surface area contributed by atoms with Crippen molar-refractivity contribution in [3.8, 4) is 0 Å². The van der Waals surface area contributed by atoms with E-state index in [0.717, 1.165) is 18.4 Å². The molecule has 0 radical (unpaired) electrons. The Morgan fingerprint density at radius 3 is 2.43 bits per heavy atom. The van der Waals surface area contributed by atoms with E-state index in [1.165, 1.54) is 13.2 Å². The molecule has 0 fully saturated rings. The van der Waals surface area contributed by atoms with Gasteiger partial charge in [0.05, 0.1) is 7.11 Å². The van der Waals surface area contributed by atoms with Crippen molar-refractivity contribution in [3.63, 3.8) is 0 Å². The van der Waals surface area contributed by atoms with E-state index in [2.05, 4.69) is 6.92 Å². The van der Waals surface area contributed by atoms with Crippen molar-refractivity contribution < 1.29 is 14.3 Å². The number of rotatable bonds is 6. The number of hydrogen-bond acceptors (Lipinski definition) is 3. The van der Waals surface area contributed by atoms with E-state index >= 15 is 0 Å². The number of ether oxygens (including phenoxy) is 1. The van der Waals surface area contributed by atoms with Crippen LogP contribution in [0.3, 0.4) is 0 Å². The van der Waals surface area contributed by atoms with Gasteiger partial charge in [-0.3, -0.25) is 9.59 Å². The highest BCUT2D eigenvalue weighted by Gasteiger charge is 2.28. The minimum atomic E-state index is -0.200. The van der Waals surface area contributed by atoms with E-state index in [0.29, 0.717) is 24.0 Å². The second-order valence-corrected chi connectivity index (χ2v) is 5.14. The van der Waals surface area contributed by atoms with Gasteiger partial charge in [0.2, 0.25) is 5.78 Å². The van der Waals surface area contributed by atoms with Crippen LogP contribution in [0.25, 0.3) is 0 Å². The van der Waals surface area contributed by atoms with Crippen LogP contribution in [0.2, 0.25) is 0 Å². The fourth-order valence-corrected chi connectivity index (χ4v) is 2.49. The number of methoxy groups -OCH3 is 1. The maximum absolute atomic E-state index is 12.6. The Kier molecular flexibility index (Phi) is 5.09. The fourth-order valence-electron chi connectivity index (χ4n) is 2.49. The van der Waals surface area contributed by atoms with Crippen LogP contribution in [0.1, 0.15) is 31.7 Å². The number of allylic oxidation sites excluding steroid dienone is 3. The van der Waals surface area contributed by atoms with E-state index in [1.807, 2.05) is 30.3 Å². The second kappa shape index (κ2) is 7.02. The summed E-state index contributed by atoms with van der Waals surface area (Å²) in [6.45, 7) is 2.06. The first-order valence-electron chi connectivity index (χ1n) is 7.28. The van der Waals surface area contributed by atoms with Crippen LogP contribution in [0.5, 0.6) is 0 Å². The third-order valence-corrected chi connectivity index (χ3v) is 3.59. The van der Waals surface area contributed by atoms with Crippen LogP contribution in [-0.4, -0.2) is 18.7 Å². The molecule has 0 unspecified atom stereocenters. The Morgan fingerprint density at radius 2 is 1.81 bits per heavy atom. The standard InChI is InChI=1S/C18H20O3/c1-3-4-10-15-17(20)14(12-16(19)18(15)21-2)11-13-8-6-5-7-9-13/h5-9,12H,3-4,10-11H2,1-2H3. The normalized spacial score (nSPS) is 15.2. The molecule has 0 saturated heterocycles. The zero-order chi connectivity index (χ0) is 15.2. The summed E-state index contributed by atoms with van der Waals surface area (Å²) in [4.78, 5) is 24.7. The number of benzene rings is 1. The van der Waals surface area contributed by atoms with Crippen molar-refractivity contribution in [1.82, 2.24) is 0 Å². The zero-order valence-corrected chi connectivity index (χ0v) is 12.5. The van der Waals surface area contributed by atoms with Gasteiger partial charge in [-0.25, -0.2) is 0 Å². The van der Waals surface area contributed by atoms with Gasteiger partial charge >= 0.3 is 0 Å². The lowest BCUT2D eigenvalue weighted by Crippen LogP contribution is -2.21. The van der Waals surface area contributed by atoms with Crippen LogP contribution in [0.4, 0.5) is 0 Å². The Labute approximate surface area is 125 Å². The summed E-state index contributed by atoms with van der Waals surface area (Å²) in [5.74, 6) is -0.0388. The highest BCUT2D eigenvalue weighted by atomic mass is 16.5. The quantitative estimate of drug-likeness (QED) is 0.752. The van der Waals surface area contributed by atoms with Gasteiger partial charge in [0, 0.05) is 17.6 Å². The molecule has 0 aliphatic heterocycles. The van der Waals surface area contributed by atoms with Gasteiger partial charge in [0.25, 0.3) is 0 Å². The monoisotopic (exact) mass is 284 g/mol. The number of carbonyl (C=O) groups excluding carboxylic acids is 2. The number of hydrogen-bond donors (Lipinski definition) is 0. The average molecular weight is 284 g/mol. The van der Waals surface area contributed by atoms with Crippen LogP contribution < -0.4 is 0 Å². The molecule has 3 nitrogen and oxygen atoms in total. The molecular weight excluding hydrogens is 264 g/mol. The van der Waals surface area contributed by atoms with Gasteiger partial charge in [-0.2, -0.15) is 0 Å². The molecule has 1 aliphatic carbocycles. The van der Waals surface area contributed by atoms with Crippen molar-refractivity contribution in [1.29, 1.82) is 0 Å². The summed E-state index contributed by atoms with van der Waals surface area (Å²) in [6.07, 6.45) is 4.34. The second-order valence-electron chi connectivity index (χ2n) is 5.14. The highest BCUT2D eigenvalue weighted by Crippen LogP contribution is 2.26. The molecule has 0 atom stereocenters. The van der Waals surface area contributed by atoms with E-state index in [1.54, 1.807) is 0 Å². The SMILES string of the molecule is CCCCC1=C(OC)C(=O)C=C(Cc2ccccc2)C1=O. The largest absolute Gasteiger partial charge is 0.492 e. The molecule has 0 heterocycles. The molecule has 0 aromatic heterocycles. The van der Waals surface area contributed by atoms with E-state index in [4.69, 9.17) is 4.74 Å². The summed E-state index contributed by atoms with van der Waals surface area (Å²) in [7, 11) is 1.45. The minimum absolute atomic E-state index is 0.0521. The van der Waals surface area contributed by atoms with Crippen molar-refractivity contribution in [3.05, 3.63) is 58.9 Å². The number of ketones is 2. The number of carbonyl (C=O) groups is 2. The summed E-state index contributed by atoms with van der Waals surface area (Å²) >= 11 is 0. The summed E-state index contributed by atoms with van der Waals surface area (Å²) in [5, 5.41) is 0. The third-order valence-electron chi connectivity index (χ3n) is 3.59. The highest BCUT2D eigenvalue weighted by molar-refractivity contribution is 6.22. The van der Waals surface area contributed by atoms with Crippen molar-refractivity contribution in [2.75, 3.05) is 7.11 Å². The average Bonchev–Trinajstić information content (AvgIpc) is 2.50. The first-order chi connectivity index (χ1) is 10.2. The first kappa shape index (κ1) is 15.2. The molecule has 3 heteroatoms. The van der Waals surface area contributed by atoms with Crippen LogP contribution in [0.15, 0.2) is 53.3 Å². The van der Waals surface area contributed by atoms with E-state index in [9.17, 15) is 9.59 Å². The van der Waals surface area contributed by atoms with Crippen LogP contribution >= 0.6 is 0 Å². The molecule has 21 heavy (non-hydrogen) atoms. The molecule has 110 valence electrons. The maximum atomic E-state index is 12.6. The summed E-state index contributed by atoms with van der Waals surface area (Å²) in [5.41, 5.74) is 2.11. The topological polar surface area (TPSA) is 43.4 Å². The third kappa shape index (κ3) is 3.48. The maximum Gasteiger partial charge on any atom is 0.221 e. The fraction of sp³-hybridized carbons (Fsp3) is 0.333. The Morgan fingerprint density at radius 1 is 1.10 bits per heavy atom. The van der Waals surface area contributed by atoms with Gasteiger partial charge in [-0.15, -0.1) is 0 Å². The Balaban J connectivity index is 2.26. The van der Waals surface area contributed by atoms with E-state index < -0.39 is 0 Å². The Bertz CT molecular complexity index is 594. The van der Waals surface area contributed by atoms with Gasteiger partial charge in [0.1, 0.15) is 0 Å². The molecule has 0 saturated carbocycles. The van der Waals surface area contributed by atoms with Gasteiger partial charge in [-0.05, 0) is 24.5 Å². The zero-order valence-electron chi connectivity index (χ0n) is 12.5. The smallest absolute Gasteiger partial charge is 0.221 e. The van der Waals surface area contributed by atoms with Gasteiger partial charge in [0.15, 0.2) is 11.5 Å². The predicted octanol–water partition coefficient (Wildman–Crippen LogP) is 3.40. The molecule has 1 aromatic carbocycles. The lowest BCUT2D eigenvalue weighted by molar-refractivity contribution is -0.118. The molecule has 2 rings (SSSR count). The van der Waals surface area contributed by atoms with Crippen molar-refractivity contribution >= 4 is 11.6 Å². The summed E-state index contributed by atoms with van der Waals surface area (Å²) in [6, 6.07) is 9.71. The van der Waals surface area contributed by atoms with Crippen molar-refractivity contribution in [2.45, 2.75) is 32.6 Å². The van der Waals surface area contributed by atoms with Gasteiger partial charge < -0.3 is 4.74 Å². The first-order valence-corrected chi connectivity index (χ1v) is 7.28. The molecule has 1 aromatic rings. The lowest BCUT2D eigenvalue weighted by atomic mass is 9.88. The molecule has 0 amide bonds. The molecule has 0 bridgehead atoms. The molecule has 0 N–H and O–H groups in total. The molecular formula is C18H20O3. The lowest BCUT2D eigenvalue weighted by Gasteiger charge is -2.18. The van der Waals surface area contributed by atoms with E-state index in [-0.39, 0.29) is 17.3 Å². The molecule has 1 aliphatic rings. The van der Waals surface area contributed by atoms with Crippen molar-refractivity contribution in [2.24, 2.45) is 0 Å². The minimum Gasteiger partial charge on any atom is -0.492 e. The number of Topliss-reactive ketones (excluding diaryl/α,β-unsaturated/α-hetero) is 1. The Hall–Kier alpha value is -2.16.